The van der Waals surface area contributed by atoms with Gasteiger partial charge in [0, 0.05) is 4.88 Å². The zero-order valence-corrected chi connectivity index (χ0v) is 16.8. The zero-order valence-electron chi connectivity index (χ0n) is 15.2. The molecular formula is C20H19N5OS2. The summed E-state index contributed by atoms with van der Waals surface area (Å²) >= 11 is 3.31. The van der Waals surface area contributed by atoms with Gasteiger partial charge in [0.15, 0.2) is 11.5 Å². The van der Waals surface area contributed by atoms with E-state index in [4.69, 9.17) is 0 Å². The second-order valence-corrected chi connectivity index (χ2v) is 8.93. The summed E-state index contributed by atoms with van der Waals surface area (Å²) in [5, 5.41) is 20.3. The molecule has 1 aliphatic carbocycles. The van der Waals surface area contributed by atoms with E-state index in [2.05, 4.69) is 26.7 Å². The molecule has 1 N–H and O–H groups in total. The van der Waals surface area contributed by atoms with Crippen LogP contribution < -0.4 is 5.32 Å². The molecule has 6 nitrogen and oxygen atoms in total. The van der Waals surface area contributed by atoms with Crippen molar-refractivity contribution in [1.82, 2.24) is 25.1 Å². The molecule has 0 aromatic carbocycles. The van der Waals surface area contributed by atoms with Gasteiger partial charge in [-0.3, -0.25) is 4.79 Å². The van der Waals surface area contributed by atoms with E-state index in [1.807, 2.05) is 41.1 Å². The van der Waals surface area contributed by atoms with Crippen LogP contribution in [0.2, 0.25) is 0 Å². The smallest absolute Gasteiger partial charge is 0.231 e. The van der Waals surface area contributed by atoms with Crippen molar-refractivity contribution >= 4 is 34.2 Å². The van der Waals surface area contributed by atoms with Crippen LogP contribution in [0.15, 0.2) is 47.2 Å². The normalized spacial score (nSPS) is 15.9. The molecule has 0 unspecified atom stereocenters. The van der Waals surface area contributed by atoms with Gasteiger partial charge in [-0.05, 0) is 47.9 Å². The van der Waals surface area contributed by atoms with E-state index in [0.717, 1.165) is 41.1 Å². The molecule has 4 aromatic rings. The largest absolute Gasteiger partial charge is 0.348 e. The van der Waals surface area contributed by atoms with Gasteiger partial charge >= 0.3 is 0 Å². The SMILES string of the molecule is O=C(NCc1nnc2ccc(-c3cccs3)nn12)C1(c2cccs2)CCCC1. The van der Waals surface area contributed by atoms with E-state index < -0.39 is 5.41 Å². The summed E-state index contributed by atoms with van der Waals surface area (Å²) in [4.78, 5) is 15.4. The lowest BCUT2D eigenvalue weighted by molar-refractivity contribution is -0.126. The Hall–Kier alpha value is -2.58. The lowest BCUT2D eigenvalue weighted by Gasteiger charge is -2.26. The highest BCUT2D eigenvalue weighted by Gasteiger charge is 2.43. The molecule has 0 saturated heterocycles. The highest BCUT2D eigenvalue weighted by atomic mass is 32.1. The van der Waals surface area contributed by atoms with Gasteiger partial charge in [-0.25, -0.2) is 0 Å². The monoisotopic (exact) mass is 409 g/mol. The van der Waals surface area contributed by atoms with Crippen molar-refractivity contribution in [3.05, 3.63) is 57.9 Å². The van der Waals surface area contributed by atoms with Crippen LogP contribution in [0, 0.1) is 0 Å². The summed E-state index contributed by atoms with van der Waals surface area (Å²) < 4.78 is 1.72. The second-order valence-electron chi connectivity index (χ2n) is 7.03. The highest BCUT2D eigenvalue weighted by molar-refractivity contribution is 7.13. The summed E-state index contributed by atoms with van der Waals surface area (Å²) in [6.45, 7) is 0.314. The molecule has 1 amide bonds. The molecule has 4 aromatic heterocycles. The average molecular weight is 410 g/mol. The van der Waals surface area contributed by atoms with Gasteiger partial charge in [0.05, 0.1) is 16.8 Å². The molecule has 4 heterocycles. The maximum Gasteiger partial charge on any atom is 0.231 e. The van der Waals surface area contributed by atoms with Gasteiger partial charge in [-0.2, -0.15) is 9.61 Å². The van der Waals surface area contributed by atoms with Crippen LogP contribution in [0.3, 0.4) is 0 Å². The molecule has 8 heteroatoms. The fourth-order valence-corrected chi connectivity index (χ4v) is 5.62. The van der Waals surface area contributed by atoms with E-state index in [9.17, 15) is 4.79 Å². The molecule has 0 bridgehead atoms. The van der Waals surface area contributed by atoms with Crippen molar-refractivity contribution in [3.63, 3.8) is 0 Å². The van der Waals surface area contributed by atoms with Gasteiger partial charge in [0.1, 0.15) is 5.69 Å². The third-order valence-corrected chi connectivity index (χ3v) is 7.36. The van der Waals surface area contributed by atoms with Crippen molar-refractivity contribution in [2.75, 3.05) is 0 Å². The summed E-state index contributed by atoms with van der Waals surface area (Å²) in [5.41, 5.74) is 1.16. The summed E-state index contributed by atoms with van der Waals surface area (Å²) in [5.74, 6) is 0.722. The highest BCUT2D eigenvalue weighted by Crippen LogP contribution is 2.43. The first-order valence-corrected chi connectivity index (χ1v) is 11.1. The van der Waals surface area contributed by atoms with Crippen LogP contribution in [-0.4, -0.2) is 25.7 Å². The van der Waals surface area contributed by atoms with Crippen LogP contribution in [0.25, 0.3) is 16.2 Å². The Morgan fingerprint density at radius 3 is 2.64 bits per heavy atom. The molecule has 1 fully saturated rings. The minimum atomic E-state index is -0.399. The number of hydrogen-bond donors (Lipinski definition) is 1. The predicted octanol–water partition coefficient (Wildman–Crippen LogP) is 4.04. The Balaban J connectivity index is 1.40. The van der Waals surface area contributed by atoms with E-state index in [-0.39, 0.29) is 5.91 Å². The number of carbonyl (C=O) groups is 1. The number of rotatable bonds is 5. The number of carbonyl (C=O) groups excluding carboxylic acids is 1. The number of nitrogens with one attached hydrogen (secondary N) is 1. The van der Waals surface area contributed by atoms with Gasteiger partial charge in [0.2, 0.25) is 5.91 Å². The Labute approximate surface area is 170 Å². The second kappa shape index (κ2) is 7.10. The summed E-state index contributed by atoms with van der Waals surface area (Å²) in [6, 6.07) is 12.0. The van der Waals surface area contributed by atoms with E-state index in [1.54, 1.807) is 27.2 Å². The molecule has 0 aliphatic heterocycles. The van der Waals surface area contributed by atoms with Crippen LogP contribution in [0.5, 0.6) is 0 Å². The molecule has 0 radical (unpaired) electrons. The molecule has 28 heavy (non-hydrogen) atoms. The number of nitrogens with zero attached hydrogens (tertiary/aromatic N) is 4. The Bertz CT molecular complexity index is 1100. The molecule has 0 atom stereocenters. The van der Waals surface area contributed by atoms with Crippen molar-refractivity contribution < 1.29 is 4.79 Å². The first-order chi connectivity index (χ1) is 13.8. The molecule has 142 valence electrons. The Kier molecular flexibility index (Phi) is 4.44. The van der Waals surface area contributed by atoms with Gasteiger partial charge in [-0.15, -0.1) is 32.9 Å². The van der Waals surface area contributed by atoms with Gasteiger partial charge in [-0.1, -0.05) is 25.0 Å². The Morgan fingerprint density at radius 1 is 1.07 bits per heavy atom. The topological polar surface area (TPSA) is 72.2 Å². The number of hydrogen-bond acceptors (Lipinski definition) is 6. The van der Waals surface area contributed by atoms with Crippen LogP contribution >= 0.6 is 22.7 Å². The quantitative estimate of drug-likeness (QED) is 0.540. The van der Waals surface area contributed by atoms with Crippen LogP contribution in [-0.2, 0) is 16.8 Å². The summed E-state index contributed by atoms with van der Waals surface area (Å²) in [7, 11) is 0. The molecular weight excluding hydrogens is 390 g/mol. The minimum absolute atomic E-state index is 0.0820. The van der Waals surface area contributed by atoms with E-state index >= 15 is 0 Å². The Morgan fingerprint density at radius 2 is 1.89 bits per heavy atom. The van der Waals surface area contributed by atoms with Crippen molar-refractivity contribution in [3.8, 4) is 10.6 Å². The molecule has 5 rings (SSSR count). The average Bonchev–Trinajstić information content (AvgIpc) is 3.52. The molecule has 1 aliphatic rings. The van der Waals surface area contributed by atoms with Gasteiger partial charge < -0.3 is 5.32 Å². The number of fused-ring (bicyclic) bond motifs is 1. The third kappa shape index (κ3) is 2.93. The number of amides is 1. The van der Waals surface area contributed by atoms with E-state index in [1.165, 1.54) is 0 Å². The summed E-state index contributed by atoms with van der Waals surface area (Å²) in [6.07, 6.45) is 3.98. The predicted molar refractivity (Wildman–Crippen MR) is 110 cm³/mol. The number of thiophene rings is 2. The minimum Gasteiger partial charge on any atom is -0.348 e. The zero-order chi connectivity index (χ0) is 19.0. The maximum absolute atomic E-state index is 13.2. The number of aromatic nitrogens is 4. The molecule has 0 spiro atoms. The first-order valence-electron chi connectivity index (χ1n) is 9.34. The van der Waals surface area contributed by atoms with Crippen molar-refractivity contribution in [2.24, 2.45) is 0 Å². The maximum atomic E-state index is 13.2. The van der Waals surface area contributed by atoms with Crippen molar-refractivity contribution in [1.29, 1.82) is 0 Å². The van der Waals surface area contributed by atoms with E-state index in [0.29, 0.717) is 18.0 Å². The van der Waals surface area contributed by atoms with Gasteiger partial charge in [0.25, 0.3) is 0 Å². The van der Waals surface area contributed by atoms with Crippen LogP contribution in [0.1, 0.15) is 36.4 Å². The first kappa shape index (κ1) is 17.5. The molecule has 1 saturated carbocycles. The van der Waals surface area contributed by atoms with Crippen molar-refractivity contribution in [2.45, 2.75) is 37.6 Å². The fraction of sp³-hybridized carbons (Fsp3) is 0.300. The fourth-order valence-electron chi connectivity index (χ4n) is 3.94. The lowest BCUT2D eigenvalue weighted by atomic mass is 9.83. The van der Waals surface area contributed by atoms with Crippen LogP contribution in [0.4, 0.5) is 0 Å². The standard InChI is InChI=1S/C20H19N5OS2/c26-19(20(9-1-2-10-20)16-6-4-12-28-16)21-13-18-23-22-17-8-7-14(24-25(17)18)15-5-3-11-27-15/h3-8,11-12H,1-2,9-10,13H2,(H,21,26). The third-order valence-electron chi connectivity index (χ3n) is 5.39. The lowest BCUT2D eigenvalue weighted by Crippen LogP contribution is -2.42.